The number of ether oxygens (including phenoxy) is 1. The van der Waals surface area contributed by atoms with E-state index in [-0.39, 0.29) is 5.56 Å². The van der Waals surface area contributed by atoms with Crippen LogP contribution >= 0.6 is 0 Å². The lowest BCUT2D eigenvalue weighted by Gasteiger charge is -2.13. The fourth-order valence-electron chi connectivity index (χ4n) is 2.10. The second-order valence-electron chi connectivity index (χ2n) is 5.88. The Kier molecular flexibility index (Phi) is 6.11. The summed E-state index contributed by atoms with van der Waals surface area (Å²) >= 11 is 0. The van der Waals surface area contributed by atoms with Gasteiger partial charge in [0.25, 0.3) is 5.91 Å². The Morgan fingerprint density at radius 3 is 2.40 bits per heavy atom. The number of hydrogen-bond acceptors (Lipinski definition) is 4. The predicted molar refractivity (Wildman–Crippen MR) is 94.0 cm³/mol. The van der Waals surface area contributed by atoms with E-state index in [1.54, 1.807) is 6.92 Å². The first-order valence-electron chi connectivity index (χ1n) is 7.83. The third-order valence-corrected chi connectivity index (χ3v) is 3.68. The van der Waals surface area contributed by atoms with Crippen LogP contribution in [-0.2, 0) is 16.1 Å². The fourth-order valence-corrected chi connectivity index (χ4v) is 2.10. The van der Waals surface area contributed by atoms with E-state index in [9.17, 15) is 14.0 Å². The first kappa shape index (κ1) is 18.4. The molecule has 6 heteroatoms. The Bertz CT molecular complexity index is 758. The highest BCUT2D eigenvalue weighted by Crippen LogP contribution is 2.12. The average molecular weight is 344 g/mol. The summed E-state index contributed by atoms with van der Waals surface area (Å²) in [6, 6.07) is 11.8. The van der Waals surface area contributed by atoms with Gasteiger partial charge < -0.3 is 15.0 Å². The van der Waals surface area contributed by atoms with Gasteiger partial charge in [-0.15, -0.1) is 0 Å². The Hall–Kier alpha value is -2.89. The summed E-state index contributed by atoms with van der Waals surface area (Å²) in [4.78, 5) is 25.6. The molecule has 0 atom stereocenters. The van der Waals surface area contributed by atoms with E-state index in [0.717, 1.165) is 17.3 Å². The zero-order chi connectivity index (χ0) is 18.4. The zero-order valence-electron chi connectivity index (χ0n) is 14.5. The van der Waals surface area contributed by atoms with Gasteiger partial charge in [-0.3, -0.25) is 4.79 Å². The second kappa shape index (κ2) is 8.28. The maximum absolute atomic E-state index is 13.4. The molecule has 2 aromatic carbocycles. The number of nitrogens with one attached hydrogen (secondary N) is 1. The molecule has 1 amide bonds. The standard InChI is InChI=1S/C19H21FN2O3/c1-13-4-7-15(10-17(13)20)19(24)25-12-18(23)21-11-14-5-8-16(9-6-14)22(2)3/h4-10H,11-12H2,1-3H3,(H,21,23). The van der Waals surface area contributed by atoms with Gasteiger partial charge in [-0.1, -0.05) is 18.2 Å². The minimum atomic E-state index is -0.732. The van der Waals surface area contributed by atoms with Crippen LogP contribution in [0.1, 0.15) is 21.5 Å². The molecular formula is C19H21FN2O3. The maximum Gasteiger partial charge on any atom is 0.338 e. The van der Waals surface area contributed by atoms with Crippen LogP contribution in [0.2, 0.25) is 0 Å². The number of rotatable bonds is 6. The lowest BCUT2D eigenvalue weighted by Crippen LogP contribution is -2.28. The monoisotopic (exact) mass is 344 g/mol. The molecule has 0 bridgehead atoms. The third kappa shape index (κ3) is 5.31. The van der Waals surface area contributed by atoms with Crippen molar-refractivity contribution in [1.29, 1.82) is 0 Å². The molecule has 0 aliphatic carbocycles. The number of hydrogen-bond donors (Lipinski definition) is 1. The Labute approximate surface area is 146 Å². The first-order valence-corrected chi connectivity index (χ1v) is 7.83. The number of halogens is 1. The molecular weight excluding hydrogens is 323 g/mol. The third-order valence-electron chi connectivity index (χ3n) is 3.68. The highest BCUT2D eigenvalue weighted by molar-refractivity contribution is 5.91. The summed E-state index contributed by atoms with van der Waals surface area (Å²) in [5.74, 6) is -1.64. The summed E-state index contributed by atoms with van der Waals surface area (Å²) in [5.41, 5.74) is 2.52. The van der Waals surface area contributed by atoms with E-state index in [0.29, 0.717) is 12.1 Å². The fraction of sp³-hybridized carbons (Fsp3) is 0.263. The van der Waals surface area contributed by atoms with Crippen molar-refractivity contribution in [3.63, 3.8) is 0 Å². The lowest BCUT2D eigenvalue weighted by atomic mass is 10.1. The molecule has 0 heterocycles. The number of anilines is 1. The number of aryl methyl sites for hydroxylation is 1. The van der Waals surface area contributed by atoms with E-state index >= 15 is 0 Å². The van der Waals surface area contributed by atoms with Crippen molar-refractivity contribution >= 4 is 17.6 Å². The van der Waals surface area contributed by atoms with Crippen molar-refractivity contribution in [2.24, 2.45) is 0 Å². The van der Waals surface area contributed by atoms with E-state index in [2.05, 4.69) is 5.32 Å². The number of carbonyl (C=O) groups excluding carboxylic acids is 2. The van der Waals surface area contributed by atoms with Crippen LogP contribution < -0.4 is 10.2 Å². The van der Waals surface area contributed by atoms with Gasteiger partial charge in [-0.25, -0.2) is 9.18 Å². The van der Waals surface area contributed by atoms with Crippen LogP contribution in [0.15, 0.2) is 42.5 Å². The number of nitrogens with zero attached hydrogens (tertiary/aromatic N) is 1. The van der Waals surface area contributed by atoms with Crippen molar-refractivity contribution in [1.82, 2.24) is 5.32 Å². The van der Waals surface area contributed by atoms with Gasteiger partial charge in [-0.2, -0.15) is 0 Å². The molecule has 25 heavy (non-hydrogen) atoms. The van der Waals surface area contributed by atoms with E-state index in [1.807, 2.05) is 43.3 Å². The molecule has 132 valence electrons. The first-order chi connectivity index (χ1) is 11.9. The van der Waals surface area contributed by atoms with Gasteiger partial charge in [0, 0.05) is 26.3 Å². The van der Waals surface area contributed by atoms with Gasteiger partial charge in [0.1, 0.15) is 5.82 Å². The van der Waals surface area contributed by atoms with Crippen molar-refractivity contribution in [3.05, 3.63) is 65.0 Å². The Morgan fingerprint density at radius 2 is 1.80 bits per heavy atom. The summed E-state index contributed by atoms with van der Waals surface area (Å²) in [6.07, 6.45) is 0. The zero-order valence-corrected chi connectivity index (χ0v) is 14.5. The summed E-state index contributed by atoms with van der Waals surface area (Å²) in [5, 5.41) is 2.67. The lowest BCUT2D eigenvalue weighted by molar-refractivity contribution is -0.124. The molecule has 0 unspecified atom stereocenters. The van der Waals surface area contributed by atoms with Crippen LogP contribution in [0.25, 0.3) is 0 Å². The number of benzene rings is 2. The van der Waals surface area contributed by atoms with Crippen molar-refractivity contribution in [2.75, 3.05) is 25.6 Å². The number of carbonyl (C=O) groups is 2. The van der Waals surface area contributed by atoms with E-state index in [4.69, 9.17) is 4.74 Å². The van der Waals surface area contributed by atoms with Crippen LogP contribution in [0.5, 0.6) is 0 Å². The maximum atomic E-state index is 13.4. The highest BCUT2D eigenvalue weighted by atomic mass is 19.1. The topological polar surface area (TPSA) is 58.6 Å². The number of amides is 1. The van der Waals surface area contributed by atoms with Crippen LogP contribution in [0.4, 0.5) is 10.1 Å². The molecule has 5 nitrogen and oxygen atoms in total. The van der Waals surface area contributed by atoms with E-state index in [1.165, 1.54) is 12.1 Å². The molecule has 0 radical (unpaired) electrons. The Balaban J connectivity index is 1.80. The molecule has 0 saturated heterocycles. The minimum Gasteiger partial charge on any atom is -0.452 e. The number of esters is 1. The van der Waals surface area contributed by atoms with E-state index < -0.39 is 24.3 Å². The summed E-state index contributed by atoms with van der Waals surface area (Å²) in [7, 11) is 3.90. The molecule has 0 saturated carbocycles. The average Bonchev–Trinajstić information content (AvgIpc) is 2.60. The molecule has 1 N–H and O–H groups in total. The van der Waals surface area contributed by atoms with Gasteiger partial charge in [0.2, 0.25) is 0 Å². The van der Waals surface area contributed by atoms with Gasteiger partial charge >= 0.3 is 5.97 Å². The molecule has 0 spiro atoms. The predicted octanol–water partition coefficient (Wildman–Crippen LogP) is 2.67. The second-order valence-corrected chi connectivity index (χ2v) is 5.88. The van der Waals surface area contributed by atoms with Crippen LogP contribution in [0, 0.1) is 12.7 Å². The van der Waals surface area contributed by atoms with Crippen molar-refractivity contribution in [2.45, 2.75) is 13.5 Å². The quantitative estimate of drug-likeness (QED) is 0.819. The molecule has 0 fully saturated rings. The van der Waals surface area contributed by atoms with Crippen LogP contribution in [0.3, 0.4) is 0 Å². The van der Waals surface area contributed by atoms with Gasteiger partial charge in [0.05, 0.1) is 5.56 Å². The summed E-state index contributed by atoms with van der Waals surface area (Å²) < 4.78 is 18.3. The van der Waals surface area contributed by atoms with Gasteiger partial charge in [-0.05, 0) is 42.3 Å². The molecule has 0 aromatic heterocycles. The SMILES string of the molecule is Cc1ccc(C(=O)OCC(=O)NCc2ccc(N(C)C)cc2)cc1F. The minimum absolute atomic E-state index is 0.0789. The van der Waals surface area contributed by atoms with Crippen molar-refractivity contribution in [3.8, 4) is 0 Å². The smallest absolute Gasteiger partial charge is 0.338 e. The molecule has 0 aliphatic heterocycles. The van der Waals surface area contributed by atoms with Crippen molar-refractivity contribution < 1.29 is 18.7 Å². The highest BCUT2D eigenvalue weighted by Gasteiger charge is 2.12. The van der Waals surface area contributed by atoms with Crippen LogP contribution in [-0.4, -0.2) is 32.6 Å². The summed E-state index contributed by atoms with van der Waals surface area (Å²) in [6.45, 7) is 1.52. The normalized spacial score (nSPS) is 10.2. The molecule has 2 aromatic rings. The largest absolute Gasteiger partial charge is 0.452 e. The Morgan fingerprint density at radius 1 is 1.12 bits per heavy atom. The molecule has 2 rings (SSSR count). The van der Waals surface area contributed by atoms with Gasteiger partial charge in [0.15, 0.2) is 6.61 Å². The molecule has 0 aliphatic rings.